The zero-order chi connectivity index (χ0) is 13.4. The molecule has 19 heavy (non-hydrogen) atoms. The number of hydrogen-bond donors (Lipinski definition) is 1. The summed E-state index contributed by atoms with van der Waals surface area (Å²) in [7, 11) is 1.92. The van der Waals surface area contributed by atoms with Crippen LogP contribution in [-0.4, -0.2) is 19.3 Å². The fraction of sp³-hybridized carbons (Fsp3) is 0.385. The highest BCUT2D eigenvalue weighted by molar-refractivity contribution is 5.77. The molecular weight excluding hydrogens is 242 g/mol. The molecule has 100 valence electrons. The third-order valence-electron chi connectivity index (χ3n) is 3.20. The van der Waals surface area contributed by atoms with E-state index >= 15 is 0 Å². The highest BCUT2D eigenvalue weighted by atomic mass is 16.3. The van der Waals surface area contributed by atoms with Crippen LogP contribution in [0.5, 0.6) is 0 Å². The van der Waals surface area contributed by atoms with Gasteiger partial charge < -0.3 is 10.2 Å². The van der Waals surface area contributed by atoms with Crippen LogP contribution >= 0.6 is 0 Å². The van der Waals surface area contributed by atoms with Gasteiger partial charge in [0.15, 0.2) is 5.65 Å². The Hall–Kier alpha value is -2.24. The fourth-order valence-corrected chi connectivity index (χ4v) is 2.38. The molecule has 2 N–H and O–H groups in total. The first kappa shape index (κ1) is 11.8. The molecule has 0 saturated heterocycles. The lowest BCUT2D eigenvalue weighted by Gasteiger charge is -2.04. The van der Waals surface area contributed by atoms with Crippen molar-refractivity contribution in [2.45, 2.75) is 26.3 Å². The Morgan fingerprint density at radius 1 is 1.42 bits per heavy atom. The van der Waals surface area contributed by atoms with Gasteiger partial charge in [-0.15, -0.1) is 0 Å². The first-order chi connectivity index (χ1) is 9.20. The van der Waals surface area contributed by atoms with Crippen molar-refractivity contribution in [3.63, 3.8) is 0 Å². The normalized spacial score (nSPS) is 11.5. The molecule has 0 fully saturated rings. The summed E-state index contributed by atoms with van der Waals surface area (Å²) in [5, 5.41) is 4.52. The van der Waals surface area contributed by atoms with Crippen molar-refractivity contribution >= 4 is 17.1 Å². The van der Waals surface area contributed by atoms with Crippen LogP contribution in [0.2, 0.25) is 0 Å². The smallest absolute Gasteiger partial charge is 0.202 e. The number of imidazole rings is 1. The largest absolute Gasteiger partial charge is 0.467 e. The number of fused-ring (bicyclic) bond motifs is 1. The minimum Gasteiger partial charge on any atom is -0.467 e. The highest BCUT2D eigenvalue weighted by Crippen LogP contribution is 2.23. The summed E-state index contributed by atoms with van der Waals surface area (Å²) in [6.45, 7) is 2.70. The Balaban J connectivity index is 2.11. The second kappa shape index (κ2) is 4.46. The van der Waals surface area contributed by atoms with Gasteiger partial charge >= 0.3 is 0 Å². The fourth-order valence-electron chi connectivity index (χ4n) is 2.38. The predicted octanol–water partition coefficient (Wildman–Crippen LogP) is 1.95. The van der Waals surface area contributed by atoms with Gasteiger partial charge in [0.25, 0.3) is 0 Å². The van der Waals surface area contributed by atoms with E-state index in [9.17, 15) is 0 Å². The molecule has 6 heteroatoms. The van der Waals surface area contributed by atoms with Crippen molar-refractivity contribution in [1.82, 2.24) is 19.3 Å². The van der Waals surface area contributed by atoms with Crippen molar-refractivity contribution in [2.75, 3.05) is 5.73 Å². The number of nitrogens with zero attached hydrogens (tertiary/aromatic N) is 4. The summed E-state index contributed by atoms with van der Waals surface area (Å²) in [5.41, 5.74) is 8.86. The number of nitrogens with two attached hydrogens (primary N) is 1. The van der Waals surface area contributed by atoms with Crippen molar-refractivity contribution in [3.8, 4) is 0 Å². The van der Waals surface area contributed by atoms with Gasteiger partial charge in [-0.2, -0.15) is 5.10 Å². The maximum Gasteiger partial charge on any atom is 0.202 e. The van der Waals surface area contributed by atoms with E-state index in [-0.39, 0.29) is 0 Å². The van der Waals surface area contributed by atoms with Crippen LogP contribution in [0.25, 0.3) is 11.2 Å². The first-order valence-electron chi connectivity index (χ1n) is 6.40. The number of aryl methyl sites for hydroxylation is 2. The highest BCUT2D eigenvalue weighted by Gasteiger charge is 2.18. The number of nitrogen functional groups attached to an aromatic ring is 1. The lowest BCUT2D eigenvalue weighted by molar-refractivity contribution is 0.495. The second-order valence-corrected chi connectivity index (χ2v) is 4.63. The zero-order valence-electron chi connectivity index (χ0n) is 11.1. The summed E-state index contributed by atoms with van der Waals surface area (Å²) in [6, 6.07) is 3.79. The summed E-state index contributed by atoms with van der Waals surface area (Å²) >= 11 is 0. The molecule has 3 heterocycles. The molecule has 0 saturated carbocycles. The van der Waals surface area contributed by atoms with E-state index in [4.69, 9.17) is 10.2 Å². The van der Waals surface area contributed by atoms with Crippen LogP contribution < -0.4 is 5.73 Å². The molecule has 0 spiro atoms. The standard InChI is InChI=1S/C13H17N5O/c1-3-5-10-11-12(17(2)16-10)18(13(14)15-11)8-9-6-4-7-19-9/h4,6-7H,3,5,8H2,1-2H3,(H2,14,15). The molecule has 3 rings (SSSR count). The molecule has 0 aliphatic carbocycles. The van der Waals surface area contributed by atoms with Gasteiger partial charge in [0, 0.05) is 7.05 Å². The van der Waals surface area contributed by atoms with Gasteiger partial charge in [-0.25, -0.2) is 4.98 Å². The number of hydrogen-bond acceptors (Lipinski definition) is 4. The third kappa shape index (κ3) is 1.89. The summed E-state index contributed by atoms with van der Waals surface area (Å²) in [4.78, 5) is 4.45. The Labute approximate surface area is 110 Å². The van der Waals surface area contributed by atoms with Gasteiger partial charge in [0.2, 0.25) is 5.95 Å². The number of aromatic nitrogens is 4. The topological polar surface area (TPSA) is 74.8 Å². The molecule has 0 aliphatic rings. The Morgan fingerprint density at radius 2 is 2.26 bits per heavy atom. The zero-order valence-corrected chi connectivity index (χ0v) is 11.1. The van der Waals surface area contributed by atoms with Gasteiger partial charge in [-0.1, -0.05) is 13.3 Å². The van der Waals surface area contributed by atoms with E-state index < -0.39 is 0 Å². The molecule has 6 nitrogen and oxygen atoms in total. The van der Waals surface area contributed by atoms with E-state index in [1.165, 1.54) is 0 Å². The molecule has 3 aromatic heterocycles. The molecule has 3 aromatic rings. The Kier molecular flexibility index (Phi) is 2.77. The molecule has 0 atom stereocenters. The van der Waals surface area contributed by atoms with Crippen LogP contribution in [0.1, 0.15) is 24.8 Å². The van der Waals surface area contributed by atoms with Gasteiger partial charge in [-0.3, -0.25) is 9.25 Å². The minimum absolute atomic E-state index is 0.497. The van der Waals surface area contributed by atoms with Crippen molar-refractivity contribution in [1.29, 1.82) is 0 Å². The van der Waals surface area contributed by atoms with Gasteiger partial charge in [0.05, 0.1) is 18.5 Å². The van der Waals surface area contributed by atoms with Crippen molar-refractivity contribution < 1.29 is 4.42 Å². The van der Waals surface area contributed by atoms with Crippen LogP contribution in [0.4, 0.5) is 5.95 Å². The van der Waals surface area contributed by atoms with Gasteiger partial charge in [-0.05, 0) is 18.6 Å². The first-order valence-corrected chi connectivity index (χ1v) is 6.40. The van der Waals surface area contributed by atoms with E-state index in [0.29, 0.717) is 12.5 Å². The number of furan rings is 1. The van der Waals surface area contributed by atoms with Crippen molar-refractivity contribution in [2.24, 2.45) is 7.05 Å². The lowest BCUT2D eigenvalue weighted by atomic mass is 10.2. The molecule has 0 aliphatic heterocycles. The van der Waals surface area contributed by atoms with Crippen molar-refractivity contribution in [3.05, 3.63) is 29.9 Å². The number of anilines is 1. The Morgan fingerprint density at radius 3 is 2.95 bits per heavy atom. The second-order valence-electron chi connectivity index (χ2n) is 4.63. The predicted molar refractivity (Wildman–Crippen MR) is 72.7 cm³/mol. The van der Waals surface area contributed by atoms with Crippen LogP contribution in [0.3, 0.4) is 0 Å². The monoisotopic (exact) mass is 259 g/mol. The number of rotatable bonds is 4. The molecule has 0 bridgehead atoms. The SMILES string of the molecule is CCCc1nn(C)c2c1nc(N)n2Cc1ccco1. The summed E-state index contributed by atoms with van der Waals surface area (Å²) < 4.78 is 9.14. The van der Waals surface area contributed by atoms with E-state index in [2.05, 4.69) is 17.0 Å². The van der Waals surface area contributed by atoms with Crippen LogP contribution in [0.15, 0.2) is 22.8 Å². The lowest BCUT2D eigenvalue weighted by Crippen LogP contribution is -2.07. The maximum absolute atomic E-state index is 6.02. The minimum atomic E-state index is 0.497. The van der Waals surface area contributed by atoms with Crippen LogP contribution in [-0.2, 0) is 20.0 Å². The molecular formula is C13H17N5O. The quantitative estimate of drug-likeness (QED) is 0.777. The average Bonchev–Trinajstić information content (AvgIpc) is 3.04. The maximum atomic E-state index is 6.02. The Bertz CT molecular complexity index is 692. The van der Waals surface area contributed by atoms with E-state index in [1.54, 1.807) is 6.26 Å². The average molecular weight is 259 g/mol. The van der Waals surface area contributed by atoms with Gasteiger partial charge in [0.1, 0.15) is 11.3 Å². The molecule has 0 amide bonds. The van der Waals surface area contributed by atoms with Crippen LogP contribution in [0, 0.1) is 0 Å². The summed E-state index contributed by atoms with van der Waals surface area (Å²) in [6.07, 6.45) is 3.61. The van der Waals surface area contributed by atoms with E-state index in [1.807, 2.05) is 28.4 Å². The molecule has 0 aromatic carbocycles. The summed E-state index contributed by atoms with van der Waals surface area (Å²) in [5.74, 6) is 1.35. The third-order valence-corrected chi connectivity index (χ3v) is 3.20. The molecule has 0 unspecified atom stereocenters. The molecule has 0 radical (unpaired) electrons. The van der Waals surface area contributed by atoms with E-state index in [0.717, 1.165) is 35.5 Å².